The van der Waals surface area contributed by atoms with Gasteiger partial charge in [-0.05, 0) is 73.2 Å². The third-order valence-electron chi connectivity index (χ3n) is 6.19. The van der Waals surface area contributed by atoms with E-state index in [1.54, 1.807) is 43.3 Å². The molecule has 1 atom stereocenters. The van der Waals surface area contributed by atoms with Crippen molar-refractivity contribution in [1.82, 2.24) is 4.90 Å². The predicted molar refractivity (Wildman–Crippen MR) is 151 cm³/mol. The quantitative estimate of drug-likeness (QED) is 0.354. The first-order valence-corrected chi connectivity index (χ1v) is 13.5. The van der Waals surface area contributed by atoms with Gasteiger partial charge in [-0.1, -0.05) is 17.8 Å². The van der Waals surface area contributed by atoms with Gasteiger partial charge in [0.1, 0.15) is 5.25 Å². The number of carbonyl (C=O) groups is 4. The lowest BCUT2D eigenvalue weighted by Crippen LogP contribution is -2.33. The maximum absolute atomic E-state index is 13.5. The van der Waals surface area contributed by atoms with E-state index in [4.69, 9.17) is 19.3 Å². The van der Waals surface area contributed by atoms with Gasteiger partial charge >= 0.3 is 11.9 Å². The van der Waals surface area contributed by atoms with Gasteiger partial charge in [0.25, 0.3) is 0 Å². The normalized spacial score (nSPS) is 16.6. The molecule has 0 bridgehead atoms. The van der Waals surface area contributed by atoms with Crippen molar-refractivity contribution in [2.75, 3.05) is 18.7 Å². The number of ether oxygens (including phenoxy) is 3. The summed E-state index contributed by atoms with van der Waals surface area (Å²) in [4.78, 5) is 55.6. The first-order valence-electron chi connectivity index (χ1n) is 12.7. The molecule has 12 heteroatoms. The van der Waals surface area contributed by atoms with Crippen LogP contribution in [0.2, 0.25) is 0 Å². The molecule has 3 aromatic carbocycles. The van der Waals surface area contributed by atoms with Gasteiger partial charge in [0.05, 0.1) is 30.0 Å². The average molecular weight is 576 g/mol. The van der Waals surface area contributed by atoms with Gasteiger partial charge in [0.2, 0.25) is 18.6 Å². The highest BCUT2D eigenvalue weighted by atomic mass is 32.2. The van der Waals surface area contributed by atoms with Crippen molar-refractivity contribution in [1.29, 1.82) is 0 Å². The van der Waals surface area contributed by atoms with Crippen LogP contribution >= 0.6 is 11.8 Å². The summed E-state index contributed by atoms with van der Waals surface area (Å²) in [6.45, 7) is 2.31. The number of carboxylic acid groups (broad SMARTS) is 1. The molecule has 11 nitrogen and oxygen atoms in total. The van der Waals surface area contributed by atoms with Crippen molar-refractivity contribution in [2.24, 2.45) is 4.99 Å². The zero-order chi connectivity index (χ0) is 28.9. The molecule has 1 saturated heterocycles. The van der Waals surface area contributed by atoms with Gasteiger partial charge < -0.3 is 24.6 Å². The number of carboxylic acids is 1. The number of rotatable bonds is 9. The van der Waals surface area contributed by atoms with Crippen LogP contribution in [0.3, 0.4) is 0 Å². The highest BCUT2D eigenvalue weighted by Gasteiger charge is 2.39. The summed E-state index contributed by atoms with van der Waals surface area (Å²) >= 11 is 1.17. The fourth-order valence-corrected chi connectivity index (χ4v) is 5.32. The van der Waals surface area contributed by atoms with Crippen LogP contribution in [-0.4, -0.2) is 57.6 Å². The maximum Gasteiger partial charge on any atom is 0.338 e. The third-order valence-corrected chi connectivity index (χ3v) is 7.36. The second-order valence-corrected chi connectivity index (χ2v) is 10.2. The number of esters is 1. The standard InChI is InChI=1S/C29H25N3O8S/c1-2-38-28(37)19-6-10-21(11-7-19)31-29-32(15-17-3-12-22-23(13-17)40-16-39-22)26(34)24(41-29)14-25(33)30-20-8-4-18(5-9-20)27(35)36/h3-13,24H,2,14-16H2,1H3,(H,30,33)(H,35,36)/t24-/m0/s1. The first-order chi connectivity index (χ1) is 19.8. The molecule has 5 rings (SSSR count). The van der Waals surface area contributed by atoms with Crippen molar-refractivity contribution in [3.8, 4) is 11.5 Å². The number of aliphatic imine (C=N–C) groups is 1. The van der Waals surface area contributed by atoms with Gasteiger partial charge in [-0.15, -0.1) is 0 Å². The second kappa shape index (κ2) is 12.1. The van der Waals surface area contributed by atoms with Crippen LogP contribution in [0.5, 0.6) is 11.5 Å². The van der Waals surface area contributed by atoms with E-state index in [-0.39, 0.29) is 37.8 Å². The van der Waals surface area contributed by atoms with Crippen molar-refractivity contribution in [3.05, 3.63) is 83.4 Å². The number of amidine groups is 1. The Morgan fingerprint density at radius 2 is 1.73 bits per heavy atom. The van der Waals surface area contributed by atoms with Crippen molar-refractivity contribution < 1.29 is 38.5 Å². The third kappa shape index (κ3) is 6.49. The predicted octanol–water partition coefficient (Wildman–Crippen LogP) is 4.45. The summed E-state index contributed by atoms with van der Waals surface area (Å²) in [7, 11) is 0. The summed E-state index contributed by atoms with van der Waals surface area (Å²) in [5.41, 5.74) is 2.21. The van der Waals surface area contributed by atoms with Gasteiger partial charge in [0.15, 0.2) is 16.7 Å². The van der Waals surface area contributed by atoms with E-state index in [0.717, 1.165) is 5.56 Å². The number of amides is 2. The van der Waals surface area contributed by atoms with Crippen LogP contribution in [0.1, 0.15) is 39.6 Å². The SMILES string of the molecule is CCOC(=O)c1ccc(N=C2S[C@@H](CC(=O)Nc3ccc(C(=O)O)cc3)C(=O)N2Cc2ccc3c(c2)OCO3)cc1. The summed E-state index contributed by atoms with van der Waals surface area (Å²) in [5, 5.41) is 11.4. The Morgan fingerprint density at radius 1 is 1.02 bits per heavy atom. The van der Waals surface area contributed by atoms with Crippen LogP contribution in [0.15, 0.2) is 71.7 Å². The van der Waals surface area contributed by atoms with Gasteiger partial charge in [-0.2, -0.15) is 0 Å². The number of anilines is 1. The minimum Gasteiger partial charge on any atom is -0.478 e. The highest BCUT2D eigenvalue weighted by molar-refractivity contribution is 8.15. The maximum atomic E-state index is 13.5. The number of nitrogens with zero attached hydrogens (tertiary/aromatic N) is 2. The molecule has 1 fully saturated rings. The molecule has 0 aliphatic carbocycles. The van der Waals surface area contributed by atoms with E-state index in [1.165, 1.54) is 40.9 Å². The Morgan fingerprint density at radius 3 is 2.44 bits per heavy atom. The number of carbonyl (C=O) groups excluding carboxylic acids is 3. The minimum atomic E-state index is -1.07. The first kappa shape index (κ1) is 27.7. The molecule has 2 N–H and O–H groups in total. The van der Waals surface area contributed by atoms with E-state index in [2.05, 4.69) is 10.3 Å². The van der Waals surface area contributed by atoms with Crippen molar-refractivity contribution in [3.63, 3.8) is 0 Å². The Bertz CT molecular complexity index is 1520. The van der Waals surface area contributed by atoms with Gasteiger partial charge in [-0.3, -0.25) is 14.5 Å². The van der Waals surface area contributed by atoms with E-state index in [0.29, 0.717) is 33.6 Å². The molecule has 41 heavy (non-hydrogen) atoms. The minimum absolute atomic E-state index is 0.0971. The Balaban J connectivity index is 1.35. The molecule has 0 unspecified atom stereocenters. The molecule has 2 heterocycles. The van der Waals surface area contributed by atoms with E-state index in [1.807, 2.05) is 6.07 Å². The molecule has 2 amide bonds. The molecule has 2 aliphatic rings. The Kier molecular flexibility index (Phi) is 8.20. The number of benzene rings is 3. The molecule has 0 aromatic heterocycles. The van der Waals surface area contributed by atoms with E-state index >= 15 is 0 Å². The molecule has 0 radical (unpaired) electrons. The second-order valence-electron chi connectivity index (χ2n) is 9.02. The van der Waals surface area contributed by atoms with Crippen LogP contribution in [0.4, 0.5) is 11.4 Å². The Labute approximate surface area is 239 Å². The zero-order valence-corrected chi connectivity index (χ0v) is 22.7. The van der Waals surface area contributed by atoms with Crippen LogP contribution in [-0.2, 0) is 20.9 Å². The van der Waals surface area contributed by atoms with Crippen LogP contribution in [0.25, 0.3) is 0 Å². The number of hydrogen-bond acceptors (Lipinski definition) is 9. The molecular weight excluding hydrogens is 550 g/mol. The number of fused-ring (bicyclic) bond motifs is 1. The molecule has 210 valence electrons. The van der Waals surface area contributed by atoms with E-state index < -0.39 is 23.1 Å². The van der Waals surface area contributed by atoms with Crippen LogP contribution < -0.4 is 14.8 Å². The van der Waals surface area contributed by atoms with E-state index in [9.17, 15) is 19.2 Å². The lowest BCUT2D eigenvalue weighted by atomic mass is 10.1. The number of hydrogen-bond donors (Lipinski definition) is 2. The lowest BCUT2D eigenvalue weighted by molar-refractivity contribution is -0.128. The Hall–Kier alpha value is -4.84. The molecular formula is C29H25N3O8S. The molecule has 3 aromatic rings. The van der Waals surface area contributed by atoms with Crippen molar-refractivity contribution in [2.45, 2.75) is 25.1 Å². The monoisotopic (exact) mass is 575 g/mol. The summed E-state index contributed by atoms with van der Waals surface area (Å²) in [5.74, 6) is -0.990. The van der Waals surface area contributed by atoms with Crippen molar-refractivity contribution >= 4 is 52.1 Å². The lowest BCUT2D eigenvalue weighted by Gasteiger charge is -2.17. The fraction of sp³-hybridized carbons (Fsp3) is 0.207. The number of nitrogens with one attached hydrogen (secondary N) is 1. The topological polar surface area (TPSA) is 144 Å². The number of aromatic carboxylic acids is 1. The summed E-state index contributed by atoms with van der Waals surface area (Å²) < 4.78 is 15.9. The summed E-state index contributed by atoms with van der Waals surface area (Å²) in [6, 6.07) is 17.7. The fourth-order valence-electron chi connectivity index (χ4n) is 4.17. The zero-order valence-electron chi connectivity index (χ0n) is 21.9. The highest BCUT2D eigenvalue weighted by Crippen LogP contribution is 2.36. The molecule has 2 aliphatic heterocycles. The number of thioether (sulfide) groups is 1. The molecule has 0 saturated carbocycles. The smallest absolute Gasteiger partial charge is 0.338 e. The van der Waals surface area contributed by atoms with Crippen LogP contribution in [0, 0.1) is 0 Å². The van der Waals surface area contributed by atoms with Gasteiger partial charge in [-0.25, -0.2) is 14.6 Å². The summed E-state index contributed by atoms with van der Waals surface area (Å²) in [6.07, 6.45) is -0.122. The average Bonchev–Trinajstić information content (AvgIpc) is 3.54. The van der Waals surface area contributed by atoms with Gasteiger partial charge in [0, 0.05) is 12.1 Å². The molecule has 0 spiro atoms. The largest absolute Gasteiger partial charge is 0.478 e.